The van der Waals surface area contributed by atoms with Gasteiger partial charge in [0.15, 0.2) is 0 Å². The molecule has 1 atom stereocenters. The number of unbranched alkanes of at least 4 members (excludes halogenated alkanes) is 2. The Morgan fingerprint density at radius 3 is 2.17 bits per heavy atom. The molecule has 8 heteroatoms. The zero-order valence-corrected chi connectivity index (χ0v) is 25.8. The molecule has 1 heterocycles. The molecule has 0 amide bonds. The highest BCUT2D eigenvalue weighted by Crippen LogP contribution is 2.30. The van der Waals surface area contributed by atoms with Crippen molar-refractivity contribution in [3.05, 3.63) is 87.9 Å². The van der Waals surface area contributed by atoms with Gasteiger partial charge >= 0.3 is 11.9 Å². The van der Waals surface area contributed by atoms with Crippen LogP contribution in [0.15, 0.2) is 71.2 Å². The number of alkyl halides is 1. The van der Waals surface area contributed by atoms with E-state index in [1.807, 2.05) is 36.4 Å². The van der Waals surface area contributed by atoms with E-state index in [1.165, 1.54) is 32.6 Å². The smallest absolute Gasteiger partial charge is 0.348 e. The van der Waals surface area contributed by atoms with Gasteiger partial charge in [-0.3, -0.25) is 4.90 Å². The lowest BCUT2D eigenvalue weighted by atomic mass is 9.95. The minimum atomic E-state index is -2.25. The van der Waals surface area contributed by atoms with Gasteiger partial charge in [-0.2, -0.15) is 0 Å². The largest absolute Gasteiger partial charge is 0.463 e. The lowest BCUT2D eigenvalue weighted by Gasteiger charge is -2.21. The molecule has 0 radical (unpaired) electrons. The van der Waals surface area contributed by atoms with Gasteiger partial charge in [0.2, 0.25) is 5.67 Å². The van der Waals surface area contributed by atoms with E-state index in [1.54, 1.807) is 30.3 Å². The molecule has 0 bridgehead atoms. The van der Waals surface area contributed by atoms with E-state index < -0.39 is 17.6 Å². The highest BCUT2D eigenvalue weighted by molar-refractivity contribution is 9.10. The van der Waals surface area contributed by atoms with Crippen molar-refractivity contribution in [1.29, 1.82) is 0 Å². The number of anilines is 1. The summed E-state index contributed by atoms with van der Waals surface area (Å²) in [6, 6.07) is 20.1. The maximum Gasteiger partial charge on any atom is 0.348 e. The van der Waals surface area contributed by atoms with Crippen molar-refractivity contribution >= 4 is 33.6 Å². The lowest BCUT2D eigenvalue weighted by Crippen LogP contribution is -2.30. The number of rotatable bonds is 12. The van der Waals surface area contributed by atoms with Gasteiger partial charge < -0.3 is 15.2 Å². The second kappa shape index (κ2) is 15.3. The first-order valence-corrected chi connectivity index (χ1v) is 15.5. The van der Waals surface area contributed by atoms with Crippen LogP contribution in [-0.2, 0) is 26.5 Å². The molecule has 0 spiro atoms. The minimum Gasteiger partial charge on any atom is -0.463 e. The zero-order chi connectivity index (χ0) is 30.0. The molecule has 1 aliphatic heterocycles. The summed E-state index contributed by atoms with van der Waals surface area (Å²) in [4.78, 5) is 27.6. The van der Waals surface area contributed by atoms with Gasteiger partial charge in [-0.05, 0) is 96.9 Å². The number of benzene rings is 3. The van der Waals surface area contributed by atoms with Gasteiger partial charge in [0.1, 0.15) is 0 Å². The van der Waals surface area contributed by atoms with Gasteiger partial charge in [0.25, 0.3) is 0 Å². The second-order valence-electron chi connectivity index (χ2n) is 11.0. The van der Waals surface area contributed by atoms with Crippen LogP contribution in [0.5, 0.6) is 0 Å². The Hall–Kier alpha value is -3.23. The number of nitrogens with zero attached hydrogens (tertiary/aromatic N) is 1. The average Bonchev–Trinajstić information content (AvgIpc) is 3.27. The second-order valence-corrected chi connectivity index (χ2v) is 11.9. The molecule has 1 saturated heterocycles. The van der Waals surface area contributed by atoms with E-state index in [0.29, 0.717) is 41.5 Å². The first-order valence-electron chi connectivity index (χ1n) is 14.7. The third-order valence-electron chi connectivity index (χ3n) is 7.72. The number of hydrogen-bond acceptors (Lipinski definition) is 6. The number of nitrogens with two attached hydrogens (primary N) is 1. The fourth-order valence-electron chi connectivity index (χ4n) is 5.11. The average molecular weight is 640 g/mol. The molecule has 0 aromatic heterocycles. The molecular weight excluding hydrogens is 599 g/mol. The van der Waals surface area contributed by atoms with Crippen molar-refractivity contribution in [3.63, 3.8) is 0 Å². The van der Waals surface area contributed by atoms with Gasteiger partial charge in [0, 0.05) is 16.6 Å². The summed E-state index contributed by atoms with van der Waals surface area (Å²) in [5, 5.41) is 0. The highest BCUT2D eigenvalue weighted by Gasteiger charge is 2.36. The van der Waals surface area contributed by atoms with Crippen LogP contribution in [0.2, 0.25) is 0 Å². The number of esters is 2. The van der Waals surface area contributed by atoms with Crippen molar-refractivity contribution in [2.75, 3.05) is 32.0 Å². The molecule has 0 saturated carbocycles. The zero-order valence-electron chi connectivity index (χ0n) is 24.2. The van der Waals surface area contributed by atoms with E-state index in [-0.39, 0.29) is 18.8 Å². The van der Waals surface area contributed by atoms with E-state index in [0.717, 1.165) is 29.8 Å². The molecule has 224 valence electrons. The molecular formula is C34H40BrFN2O4. The van der Waals surface area contributed by atoms with E-state index in [2.05, 4.69) is 20.8 Å². The first kappa shape index (κ1) is 31.7. The van der Waals surface area contributed by atoms with E-state index in [9.17, 15) is 9.59 Å². The Balaban J connectivity index is 1.17. The predicted molar refractivity (Wildman–Crippen MR) is 168 cm³/mol. The number of nitrogen functional groups attached to an aromatic ring is 1. The van der Waals surface area contributed by atoms with Crippen LogP contribution in [0.4, 0.5) is 10.1 Å². The number of carbonyl (C=O) groups is 2. The Labute approximate surface area is 256 Å². The number of halogens is 2. The first-order chi connectivity index (χ1) is 20.3. The fraction of sp³-hybridized carbons (Fsp3) is 0.412. The van der Waals surface area contributed by atoms with Crippen molar-refractivity contribution in [1.82, 2.24) is 4.90 Å². The van der Waals surface area contributed by atoms with Crippen LogP contribution in [0.1, 0.15) is 73.4 Å². The molecule has 3 aromatic rings. The number of likely N-dealkylation sites (tertiary alicyclic amines) is 1. The van der Waals surface area contributed by atoms with Crippen molar-refractivity contribution in [3.8, 4) is 11.1 Å². The van der Waals surface area contributed by atoms with Crippen molar-refractivity contribution in [2.24, 2.45) is 0 Å². The SMILES string of the molecule is CC(F)(C(=O)OCCCCCOC(=O)c1cc(Br)c(N)c(CN2CCCCCC2)c1)c1ccc(-c2ccccc2)cc1. The predicted octanol–water partition coefficient (Wildman–Crippen LogP) is 7.83. The van der Waals surface area contributed by atoms with Crippen LogP contribution in [-0.4, -0.2) is 43.1 Å². The van der Waals surface area contributed by atoms with Gasteiger partial charge in [-0.1, -0.05) is 67.4 Å². The Bertz CT molecular complexity index is 1320. The normalized spacial score (nSPS) is 15.4. The molecule has 6 nitrogen and oxygen atoms in total. The summed E-state index contributed by atoms with van der Waals surface area (Å²) < 4.78 is 26.7. The molecule has 4 rings (SSSR count). The summed E-state index contributed by atoms with van der Waals surface area (Å²) in [6.45, 7) is 4.34. The third kappa shape index (κ3) is 8.65. The van der Waals surface area contributed by atoms with E-state index >= 15 is 4.39 Å². The van der Waals surface area contributed by atoms with Crippen molar-refractivity contribution in [2.45, 2.75) is 64.1 Å². The Kier molecular flexibility index (Phi) is 11.5. The Morgan fingerprint density at radius 2 is 1.50 bits per heavy atom. The van der Waals surface area contributed by atoms with Crippen LogP contribution in [0.3, 0.4) is 0 Å². The third-order valence-corrected chi connectivity index (χ3v) is 8.37. The van der Waals surface area contributed by atoms with Gasteiger partial charge in [-0.25, -0.2) is 14.0 Å². The highest BCUT2D eigenvalue weighted by atomic mass is 79.9. The van der Waals surface area contributed by atoms with Gasteiger partial charge in [-0.15, -0.1) is 0 Å². The van der Waals surface area contributed by atoms with Crippen LogP contribution < -0.4 is 5.73 Å². The van der Waals surface area contributed by atoms with Crippen LogP contribution in [0.25, 0.3) is 11.1 Å². The maximum atomic E-state index is 15.3. The summed E-state index contributed by atoms with van der Waals surface area (Å²) in [6.07, 6.45) is 6.68. The van der Waals surface area contributed by atoms with Crippen LogP contribution in [0, 0.1) is 0 Å². The number of carbonyl (C=O) groups excluding carboxylic acids is 2. The molecule has 2 N–H and O–H groups in total. The fourth-order valence-corrected chi connectivity index (χ4v) is 5.61. The molecule has 3 aromatic carbocycles. The van der Waals surface area contributed by atoms with E-state index in [4.69, 9.17) is 15.2 Å². The standard InChI is InChI=1S/C34H40BrFN2O4/c1-34(36,29-16-14-26(15-17-29)25-12-6-4-7-13-25)33(40)42-21-11-5-10-20-41-32(39)27-22-28(31(37)30(35)23-27)24-38-18-8-2-3-9-19-38/h4,6-7,12-17,22-23H,2-3,5,8-11,18-21,24,37H2,1H3. The monoisotopic (exact) mass is 638 g/mol. The number of hydrogen-bond donors (Lipinski definition) is 1. The quantitative estimate of drug-likeness (QED) is 0.124. The Morgan fingerprint density at radius 1 is 0.881 bits per heavy atom. The van der Waals surface area contributed by atoms with Crippen molar-refractivity contribution < 1.29 is 23.5 Å². The number of ether oxygens (including phenoxy) is 2. The lowest BCUT2D eigenvalue weighted by molar-refractivity contribution is -0.157. The summed E-state index contributed by atoms with van der Waals surface area (Å²) in [5.41, 5.74) is 8.31. The van der Waals surface area contributed by atoms with Crippen LogP contribution >= 0.6 is 15.9 Å². The summed E-state index contributed by atoms with van der Waals surface area (Å²) in [7, 11) is 0. The maximum absolute atomic E-state index is 15.3. The molecule has 1 unspecified atom stereocenters. The minimum absolute atomic E-state index is 0.0964. The topological polar surface area (TPSA) is 81.9 Å². The summed E-state index contributed by atoms with van der Waals surface area (Å²) in [5.74, 6) is -1.31. The molecule has 0 aliphatic carbocycles. The summed E-state index contributed by atoms with van der Waals surface area (Å²) >= 11 is 3.49. The molecule has 1 fully saturated rings. The molecule has 1 aliphatic rings. The van der Waals surface area contributed by atoms with Gasteiger partial charge in [0.05, 0.1) is 24.5 Å². The molecule has 42 heavy (non-hydrogen) atoms.